The van der Waals surface area contributed by atoms with E-state index < -0.39 is 9.04 Å². The predicted molar refractivity (Wildman–Crippen MR) is 79.2 cm³/mol. The lowest BCUT2D eigenvalue weighted by atomic mass is 10.1. The van der Waals surface area contributed by atoms with Gasteiger partial charge >= 0.3 is 0 Å². The van der Waals surface area contributed by atoms with Crippen molar-refractivity contribution >= 4 is 15.1 Å². The molecule has 1 aromatic carbocycles. The van der Waals surface area contributed by atoms with Crippen LogP contribution < -0.4 is 4.43 Å². The van der Waals surface area contributed by atoms with Crippen LogP contribution in [-0.2, 0) is 0 Å². The number of aryl methyl sites for hydroxylation is 1. The van der Waals surface area contributed by atoms with Crippen LogP contribution in [-0.4, -0.2) is 9.04 Å². The molecule has 0 atom stereocenters. The summed E-state index contributed by atoms with van der Waals surface area (Å²) in [6.45, 7) is 15.0. The van der Waals surface area contributed by atoms with Gasteiger partial charge in [-0.1, -0.05) is 52.5 Å². The van der Waals surface area contributed by atoms with E-state index in [4.69, 9.17) is 4.43 Å². The first-order valence-electron chi connectivity index (χ1n) is 6.35. The van der Waals surface area contributed by atoms with Crippen LogP contribution in [0, 0.1) is 6.92 Å². The lowest BCUT2D eigenvalue weighted by Crippen LogP contribution is -2.29. The molecule has 0 aliphatic rings. The summed E-state index contributed by atoms with van der Waals surface area (Å²) in [4.78, 5) is 0. The molecule has 0 fully saturated rings. The van der Waals surface area contributed by atoms with Gasteiger partial charge in [0, 0.05) is 5.56 Å². The highest BCUT2D eigenvalue weighted by Gasteiger charge is 2.23. The average Bonchev–Trinajstić information content (AvgIpc) is 2.25. The molecule has 1 rings (SSSR count). The Bertz CT molecular complexity index is 375. The molecule has 0 aliphatic heterocycles. The monoisotopic (exact) mass is 248 g/mol. The van der Waals surface area contributed by atoms with Crippen molar-refractivity contribution in [1.29, 1.82) is 0 Å². The summed E-state index contributed by atoms with van der Waals surface area (Å²) in [5, 5.41) is 0. The molecule has 0 bridgehead atoms. The van der Waals surface area contributed by atoms with Crippen LogP contribution in [0.3, 0.4) is 0 Å². The van der Waals surface area contributed by atoms with Gasteiger partial charge in [0.2, 0.25) is 9.04 Å². The zero-order valence-electron chi connectivity index (χ0n) is 11.7. The number of hydrogen-bond acceptors (Lipinski definition) is 1. The van der Waals surface area contributed by atoms with E-state index in [9.17, 15) is 0 Å². The Hall–Kier alpha value is -1.02. The van der Waals surface area contributed by atoms with Crippen LogP contribution in [0.15, 0.2) is 24.8 Å². The number of hydrogen-bond donors (Lipinski definition) is 0. The number of benzene rings is 1. The van der Waals surface area contributed by atoms with Crippen LogP contribution >= 0.6 is 0 Å². The first kappa shape index (κ1) is 14.0. The van der Waals surface area contributed by atoms with Crippen molar-refractivity contribution in [2.45, 2.75) is 45.7 Å². The Morgan fingerprint density at radius 2 is 1.76 bits per heavy atom. The molecule has 0 saturated carbocycles. The molecule has 0 aliphatic carbocycles. The van der Waals surface area contributed by atoms with E-state index in [1.54, 1.807) is 0 Å². The van der Waals surface area contributed by atoms with E-state index in [1.165, 1.54) is 5.56 Å². The van der Waals surface area contributed by atoms with E-state index in [1.807, 2.05) is 6.08 Å². The van der Waals surface area contributed by atoms with Crippen molar-refractivity contribution in [3.8, 4) is 5.75 Å². The molecule has 0 aromatic heterocycles. The molecule has 0 saturated heterocycles. The summed E-state index contributed by atoms with van der Waals surface area (Å²) in [5.41, 5.74) is 3.64. The van der Waals surface area contributed by atoms with E-state index in [-0.39, 0.29) is 0 Å². The van der Waals surface area contributed by atoms with Gasteiger partial charge in [0.15, 0.2) is 0 Å². The van der Waals surface area contributed by atoms with Crippen molar-refractivity contribution in [2.24, 2.45) is 0 Å². The molecular weight excluding hydrogens is 224 g/mol. The molecule has 17 heavy (non-hydrogen) atoms. The topological polar surface area (TPSA) is 9.23 Å². The lowest BCUT2D eigenvalue weighted by Gasteiger charge is -2.25. The number of rotatable bonds is 5. The van der Waals surface area contributed by atoms with E-state index in [0.717, 1.165) is 11.3 Å². The fourth-order valence-electron chi connectivity index (χ4n) is 2.10. The minimum atomic E-state index is -1.22. The van der Waals surface area contributed by atoms with Crippen molar-refractivity contribution < 1.29 is 4.43 Å². The summed E-state index contributed by atoms with van der Waals surface area (Å²) in [5.74, 6) is 1.01. The molecule has 0 amide bonds. The Morgan fingerprint density at radius 3 is 2.24 bits per heavy atom. The summed E-state index contributed by atoms with van der Waals surface area (Å²) < 4.78 is 6.31. The molecule has 0 heterocycles. The smallest absolute Gasteiger partial charge is 0.240 e. The molecule has 0 spiro atoms. The zero-order valence-corrected chi connectivity index (χ0v) is 12.8. The second-order valence-electron chi connectivity index (χ2n) is 5.32. The Balaban J connectivity index is 2.99. The molecule has 1 nitrogen and oxygen atoms in total. The molecule has 94 valence electrons. The first-order chi connectivity index (χ1) is 7.95. The highest BCUT2D eigenvalue weighted by atomic mass is 28.3. The molecule has 0 unspecified atom stereocenters. The van der Waals surface area contributed by atoms with Crippen molar-refractivity contribution in [3.05, 3.63) is 35.9 Å². The van der Waals surface area contributed by atoms with Gasteiger partial charge in [0.1, 0.15) is 5.75 Å². The fraction of sp³-hybridized carbons (Fsp3) is 0.467. The van der Waals surface area contributed by atoms with Crippen LogP contribution in [0.4, 0.5) is 0 Å². The van der Waals surface area contributed by atoms with E-state index >= 15 is 0 Å². The quantitative estimate of drug-likeness (QED) is 0.694. The Kier molecular flexibility index (Phi) is 5.00. The maximum atomic E-state index is 6.31. The van der Waals surface area contributed by atoms with Gasteiger partial charge in [-0.3, -0.25) is 0 Å². The molecule has 0 N–H and O–H groups in total. The molecule has 1 aromatic rings. The largest absolute Gasteiger partial charge is 0.545 e. The fourth-order valence-corrected chi connectivity index (χ4v) is 4.68. The summed E-state index contributed by atoms with van der Waals surface area (Å²) in [6.07, 6.45) is 1.88. The van der Waals surface area contributed by atoms with Crippen molar-refractivity contribution in [3.63, 3.8) is 0 Å². The Labute approximate surface area is 107 Å². The highest BCUT2D eigenvalue weighted by Crippen LogP contribution is 2.28. The zero-order chi connectivity index (χ0) is 13.0. The minimum absolute atomic E-state index is 0.646. The lowest BCUT2D eigenvalue weighted by molar-refractivity contribution is 0.534. The van der Waals surface area contributed by atoms with Gasteiger partial charge in [-0.05, 0) is 29.6 Å². The van der Waals surface area contributed by atoms with Gasteiger partial charge < -0.3 is 4.43 Å². The van der Waals surface area contributed by atoms with Gasteiger partial charge in [-0.2, -0.15) is 0 Å². The van der Waals surface area contributed by atoms with Crippen LogP contribution in [0.2, 0.25) is 11.1 Å². The normalized spacial score (nSPS) is 11.3. The Morgan fingerprint density at radius 1 is 1.18 bits per heavy atom. The van der Waals surface area contributed by atoms with Gasteiger partial charge in [-0.15, -0.1) is 0 Å². The molecule has 0 radical (unpaired) electrons. The second-order valence-corrected chi connectivity index (χ2v) is 9.15. The van der Waals surface area contributed by atoms with E-state index in [2.05, 4.69) is 59.4 Å². The maximum Gasteiger partial charge on any atom is 0.240 e. The first-order valence-corrected chi connectivity index (χ1v) is 8.16. The van der Waals surface area contributed by atoms with Crippen LogP contribution in [0.5, 0.6) is 5.75 Å². The standard InChI is InChI=1S/C15H24OSi/c1-7-14-9-8-13(6)10-15(14)16-17(11(2)3)12(4)5/h7-12,17H,1H2,2-6H3. The summed E-state index contributed by atoms with van der Waals surface area (Å²) in [7, 11) is -1.22. The second kappa shape index (κ2) is 6.06. The summed E-state index contributed by atoms with van der Waals surface area (Å²) >= 11 is 0. The third-order valence-corrected chi connectivity index (χ3v) is 6.12. The highest BCUT2D eigenvalue weighted by molar-refractivity contribution is 6.55. The maximum absolute atomic E-state index is 6.31. The third kappa shape index (κ3) is 3.74. The van der Waals surface area contributed by atoms with Crippen LogP contribution in [0.25, 0.3) is 6.08 Å². The van der Waals surface area contributed by atoms with Crippen molar-refractivity contribution in [1.82, 2.24) is 0 Å². The van der Waals surface area contributed by atoms with Gasteiger partial charge in [0.05, 0.1) is 0 Å². The van der Waals surface area contributed by atoms with E-state index in [0.29, 0.717) is 11.1 Å². The van der Waals surface area contributed by atoms with Crippen molar-refractivity contribution in [2.75, 3.05) is 0 Å². The predicted octanol–water partition coefficient (Wildman–Crippen LogP) is 4.56. The average molecular weight is 248 g/mol. The third-order valence-electron chi connectivity index (χ3n) is 2.97. The van der Waals surface area contributed by atoms with Crippen LogP contribution in [0.1, 0.15) is 38.8 Å². The SMILES string of the molecule is C=Cc1ccc(C)cc1O[SiH](C(C)C)C(C)C. The van der Waals surface area contributed by atoms with Gasteiger partial charge in [-0.25, -0.2) is 0 Å². The van der Waals surface area contributed by atoms with Gasteiger partial charge in [0.25, 0.3) is 0 Å². The minimum Gasteiger partial charge on any atom is -0.545 e. The molecule has 2 heteroatoms. The summed E-state index contributed by atoms with van der Waals surface area (Å²) in [6, 6.07) is 6.32. The molecular formula is C15H24OSi.